The number of hydrogen-bond donors (Lipinski definition) is 1. The van der Waals surface area contributed by atoms with Gasteiger partial charge in [0, 0.05) is 31.4 Å². The summed E-state index contributed by atoms with van der Waals surface area (Å²) in [6.45, 7) is 8.89. The van der Waals surface area contributed by atoms with Crippen molar-refractivity contribution in [1.29, 1.82) is 0 Å². The molecule has 2 heterocycles. The van der Waals surface area contributed by atoms with Crippen LogP contribution in [0.3, 0.4) is 0 Å². The van der Waals surface area contributed by atoms with Gasteiger partial charge in [-0.3, -0.25) is 4.98 Å². The van der Waals surface area contributed by atoms with Crippen LogP contribution in [-0.4, -0.2) is 41.7 Å². The molecule has 0 saturated carbocycles. The third-order valence-electron chi connectivity index (χ3n) is 3.81. The van der Waals surface area contributed by atoms with Crippen LogP contribution < -0.4 is 5.32 Å². The zero-order chi connectivity index (χ0) is 15.9. The zero-order valence-corrected chi connectivity index (χ0v) is 13.8. The average Bonchev–Trinajstić information content (AvgIpc) is 2.51. The predicted octanol–water partition coefficient (Wildman–Crippen LogP) is 2.74. The van der Waals surface area contributed by atoms with Crippen molar-refractivity contribution < 1.29 is 9.53 Å². The summed E-state index contributed by atoms with van der Waals surface area (Å²) in [5.41, 5.74) is 2.11. The highest BCUT2D eigenvalue weighted by Crippen LogP contribution is 2.12. The lowest BCUT2D eigenvalue weighted by molar-refractivity contribution is 0.0817. The molecule has 0 aromatic carbocycles. The van der Waals surface area contributed by atoms with Gasteiger partial charge in [0.25, 0.3) is 0 Å². The van der Waals surface area contributed by atoms with E-state index in [2.05, 4.69) is 10.3 Å². The minimum absolute atomic E-state index is 0.174. The first-order valence-corrected chi connectivity index (χ1v) is 8.12. The van der Waals surface area contributed by atoms with Gasteiger partial charge >= 0.3 is 6.09 Å². The summed E-state index contributed by atoms with van der Waals surface area (Å²) >= 11 is 0. The van der Waals surface area contributed by atoms with Crippen molar-refractivity contribution in [3.8, 4) is 0 Å². The molecule has 1 saturated heterocycles. The Kier molecular flexibility index (Phi) is 6.19. The van der Waals surface area contributed by atoms with Crippen molar-refractivity contribution in [3.05, 3.63) is 29.6 Å². The number of piperidine rings is 1. The second-order valence-electron chi connectivity index (χ2n) is 6.38. The quantitative estimate of drug-likeness (QED) is 0.909. The average molecular weight is 305 g/mol. The van der Waals surface area contributed by atoms with Crippen molar-refractivity contribution in [2.24, 2.45) is 5.92 Å². The first kappa shape index (κ1) is 16.7. The number of carbonyl (C=O) groups is 1. The van der Waals surface area contributed by atoms with E-state index in [0.29, 0.717) is 18.6 Å². The van der Waals surface area contributed by atoms with Crippen LogP contribution in [0.5, 0.6) is 0 Å². The first-order valence-electron chi connectivity index (χ1n) is 8.12. The van der Waals surface area contributed by atoms with E-state index in [0.717, 1.165) is 43.9 Å². The number of carbonyl (C=O) groups excluding carboxylic acids is 1. The molecular weight excluding hydrogens is 278 g/mol. The standard InChI is InChI=1S/C17H27N3O2/c1-13(2)12-22-17(21)20-9-7-15(8-10-20)18-11-16-6-4-5-14(3)19-16/h4-6,13,15,18H,7-12H2,1-3H3. The van der Waals surface area contributed by atoms with Gasteiger partial charge in [-0.2, -0.15) is 0 Å². The predicted molar refractivity (Wildman–Crippen MR) is 86.6 cm³/mol. The molecule has 1 fully saturated rings. The van der Waals surface area contributed by atoms with Crippen LogP contribution in [0.25, 0.3) is 0 Å². The Morgan fingerprint density at radius 1 is 1.41 bits per heavy atom. The maximum Gasteiger partial charge on any atom is 0.409 e. The van der Waals surface area contributed by atoms with E-state index >= 15 is 0 Å². The Balaban J connectivity index is 1.70. The normalized spacial score (nSPS) is 16.1. The molecule has 0 atom stereocenters. The smallest absolute Gasteiger partial charge is 0.409 e. The van der Waals surface area contributed by atoms with Crippen molar-refractivity contribution in [2.75, 3.05) is 19.7 Å². The topological polar surface area (TPSA) is 54.5 Å². The summed E-state index contributed by atoms with van der Waals surface area (Å²) in [5.74, 6) is 0.380. The van der Waals surface area contributed by atoms with E-state index in [1.807, 2.05) is 43.9 Å². The number of nitrogens with one attached hydrogen (secondary N) is 1. The summed E-state index contributed by atoms with van der Waals surface area (Å²) < 4.78 is 5.28. The molecule has 22 heavy (non-hydrogen) atoms. The first-order chi connectivity index (χ1) is 10.5. The SMILES string of the molecule is Cc1cccc(CNC2CCN(C(=O)OCC(C)C)CC2)n1. The fourth-order valence-corrected chi connectivity index (χ4v) is 2.54. The van der Waals surface area contributed by atoms with E-state index in [1.54, 1.807) is 0 Å². The summed E-state index contributed by atoms with van der Waals surface area (Å²) in [4.78, 5) is 18.2. The molecule has 1 aliphatic rings. The van der Waals surface area contributed by atoms with Crippen molar-refractivity contribution >= 4 is 6.09 Å². The highest BCUT2D eigenvalue weighted by atomic mass is 16.6. The zero-order valence-electron chi connectivity index (χ0n) is 13.8. The molecular formula is C17H27N3O2. The summed E-state index contributed by atoms with van der Waals surface area (Å²) in [5, 5.41) is 3.53. The molecule has 5 nitrogen and oxygen atoms in total. The maximum absolute atomic E-state index is 11.9. The highest BCUT2D eigenvalue weighted by molar-refractivity contribution is 5.67. The molecule has 1 amide bonds. The second kappa shape index (κ2) is 8.13. The Morgan fingerprint density at radius 3 is 2.77 bits per heavy atom. The Hall–Kier alpha value is -1.62. The lowest BCUT2D eigenvalue weighted by atomic mass is 10.1. The molecule has 1 aromatic rings. The van der Waals surface area contributed by atoms with Crippen LogP contribution >= 0.6 is 0 Å². The fraction of sp³-hybridized carbons (Fsp3) is 0.647. The highest BCUT2D eigenvalue weighted by Gasteiger charge is 2.23. The van der Waals surface area contributed by atoms with Crippen LogP contribution in [0, 0.1) is 12.8 Å². The third-order valence-corrected chi connectivity index (χ3v) is 3.81. The Bertz CT molecular complexity index is 483. The van der Waals surface area contributed by atoms with Crippen LogP contribution in [0.2, 0.25) is 0 Å². The number of amides is 1. The molecule has 0 unspecified atom stereocenters. The maximum atomic E-state index is 11.9. The van der Waals surface area contributed by atoms with Gasteiger partial charge in [-0.1, -0.05) is 19.9 Å². The van der Waals surface area contributed by atoms with Crippen LogP contribution in [0.4, 0.5) is 4.79 Å². The van der Waals surface area contributed by atoms with Crippen molar-refractivity contribution in [1.82, 2.24) is 15.2 Å². The second-order valence-corrected chi connectivity index (χ2v) is 6.38. The summed E-state index contributed by atoms with van der Waals surface area (Å²) in [7, 11) is 0. The lowest BCUT2D eigenvalue weighted by Gasteiger charge is -2.32. The van der Waals surface area contributed by atoms with Gasteiger partial charge in [-0.25, -0.2) is 4.79 Å². The monoisotopic (exact) mass is 305 g/mol. The number of nitrogens with zero attached hydrogens (tertiary/aromatic N) is 2. The Labute approximate surface area is 133 Å². The number of pyridine rings is 1. The molecule has 0 bridgehead atoms. The number of aryl methyl sites for hydroxylation is 1. The number of ether oxygens (including phenoxy) is 1. The van der Waals surface area contributed by atoms with E-state index in [-0.39, 0.29) is 6.09 Å². The molecule has 5 heteroatoms. The van der Waals surface area contributed by atoms with Gasteiger partial charge < -0.3 is 15.0 Å². The molecule has 0 spiro atoms. The van der Waals surface area contributed by atoms with Gasteiger partial charge in [0.05, 0.1) is 12.3 Å². The van der Waals surface area contributed by atoms with Crippen molar-refractivity contribution in [2.45, 2.75) is 46.2 Å². The van der Waals surface area contributed by atoms with Gasteiger partial charge in [-0.05, 0) is 37.8 Å². The summed E-state index contributed by atoms with van der Waals surface area (Å²) in [6.07, 6.45) is 1.75. The third kappa shape index (κ3) is 5.30. The fourth-order valence-electron chi connectivity index (χ4n) is 2.54. The molecule has 2 rings (SSSR count). The largest absolute Gasteiger partial charge is 0.449 e. The van der Waals surface area contributed by atoms with Crippen LogP contribution in [0.1, 0.15) is 38.1 Å². The van der Waals surface area contributed by atoms with E-state index < -0.39 is 0 Å². The number of aromatic nitrogens is 1. The van der Waals surface area contributed by atoms with Gasteiger partial charge in [0.1, 0.15) is 0 Å². The van der Waals surface area contributed by atoms with E-state index in [9.17, 15) is 4.79 Å². The van der Waals surface area contributed by atoms with Gasteiger partial charge in [0.2, 0.25) is 0 Å². The Morgan fingerprint density at radius 2 is 2.14 bits per heavy atom. The lowest BCUT2D eigenvalue weighted by Crippen LogP contribution is -2.45. The molecule has 1 aliphatic heterocycles. The van der Waals surface area contributed by atoms with Crippen LogP contribution in [-0.2, 0) is 11.3 Å². The summed E-state index contributed by atoms with van der Waals surface area (Å²) in [6, 6.07) is 6.52. The molecule has 1 N–H and O–H groups in total. The van der Waals surface area contributed by atoms with E-state index in [4.69, 9.17) is 4.74 Å². The molecule has 122 valence electrons. The number of likely N-dealkylation sites (tertiary alicyclic amines) is 1. The van der Waals surface area contributed by atoms with E-state index in [1.165, 1.54) is 0 Å². The molecule has 0 aliphatic carbocycles. The minimum Gasteiger partial charge on any atom is -0.449 e. The number of rotatable bonds is 5. The van der Waals surface area contributed by atoms with Gasteiger partial charge in [-0.15, -0.1) is 0 Å². The molecule has 1 aromatic heterocycles. The van der Waals surface area contributed by atoms with Gasteiger partial charge in [0.15, 0.2) is 0 Å². The van der Waals surface area contributed by atoms with Crippen LogP contribution in [0.15, 0.2) is 18.2 Å². The van der Waals surface area contributed by atoms with Crippen molar-refractivity contribution in [3.63, 3.8) is 0 Å². The minimum atomic E-state index is -0.174. The molecule has 0 radical (unpaired) electrons. The number of hydrogen-bond acceptors (Lipinski definition) is 4.